The molecular weight excluding hydrogens is 368 g/mol. The van der Waals surface area contributed by atoms with Crippen molar-refractivity contribution < 1.29 is 9.34 Å². The van der Waals surface area contributed by atoms with Gasteiger partial charge >= 0.3 is 11.3 Å². The van der Waals surface area contributed by atoms with Gasteiger partial charge in [-0.3, -0.25) is 10.1 Å². The van der Waals surface area contributed by atoms with Crippen molar-refractivity contribution in [2.75, 3.05) is 11.1 Å². The SMILES string of the molecule is Nc1ccc(Nc2nc(-c3cc4cccc([N+](=O)[O-])c4oc3=O)cs2)cc1. The molecule has 0 atom stereocenters. The van der Waals surface area contributed by atoms with Gasteiger partial charge in [-0.1, -0.05) is 12.1 Å². The van der Waals surface area contributed by atoms with Crippen molar-refractivity contribution >= 4 is 44.5 Å². The summed E-state index contributed by atoms with van der Waals surface area (Å²) in [5.41, 5.74) is 6.82. The van der Waals surface area contributed by atoms with Crippen molar-refractivity contribution in [1.29, 1.82) is 0 Å². The lowest BCUT2D eigenvalue weighted by molar-refractivity contribution is -0.383. The molecule has 0 saturated heterocycles. The minimum atomic E-state index is -0.680. The van der Waals surface area contributed by atoms with E-state index in [9.17, 15) is 14.9 Å². The second-order valence-electron chi connectivity index (χ2n) is 5.69. The summed E-state index contributed by atoms with van der Waals surface area (Å²) in [6.07, 6.45) is 0. The zero-order chi connectivity index (χ0) is 19.0. The third-order valence-electron chi connectivity index (χ3n) is 3.88. The van der Waals surface area contributed by atoms with Gasteiger partial charge in [-0.05, 0) is 30.3 Å². The maximum Gasteiger partial charge on any atom is 0.346 e. The summed E-state index contributed by atoms with van der Waals surface area (Å²) in [6, 6.07) is 13.2. The lowest BCUT2D eigenvalue weighted by Gasteiger charge is -2.02. The maximum absolute atomic E-state index is 12.4. The molecule has 0 amide bonds. The van der Waals surface area contributed by atoms with Gasteiger partial charge in [-0.2, -0.15) is 0 Å². The van der Waals surface area contributed by atoms with E-state index >= 15 is 0 Å². The molecule has 0 aliphatic carbocycles. The second-order valence-corrected chi connectivity index (χ2v) is 6.54. The van der Waals surface area contributed by atoms with Gasteiger partial charge in [-0.15, -0.1) is 11.3 Å². The van der Waals surface area contributed by atoms with Gasteiger partial charge in [0, 0.05) is 28.2 Å². The number of hydrogen-bond acceptors (Lipinski definition) is 8. The summed E-state index contributed by atoms with van der Waals surface area (Å²) < 4.78 is 5.21. The largest absolute Gasteiger partial charge is 0.415 e. The van der Waals surface area contributed by atoms with Crippen LogP contribution in [0.4, 0.5) is 22.2 Å². The number of anilines is 3. The molecule has 2 aromatic heterocycles. The molecule has 0 aliphatic heterocycles. The molecule has 0 unspecified atom stereocenters. The number of fused-ring (bicyclic) bond motifs is 1. The van der Waals surface area contributed by atoms with Gasteiger partial charge in [0.05, 0.1) is 16.2 Å². The number of para-hydroxylation sites is 1. The van der Waals surface area contributed by atoms with E-state index in [1.165, 1.54) is 17.4 Å². The third kappa shape index (κ3) is 3.23. The molecular formula is C18H12N4O4S. The number of rotatable bonds is 4. The van der Waals surface area contributed by atoms with E-state index in [4.69, 9.17) is 10.2 Å². The van der Waals surface area contributed by atoms with Crippen LogP contribution >= 0.6 is 11.3 Å². The zero-order valence-corrected chi connectivity index (χ0v) is 14.5. The topological polar surface area (TPSA) is 124 Å². The van der Waals surface area contributed by atoms with Gasteiger partial charge in [0.2, 0.25) is 5.58 Å². The molecule has 0 fully saturated rings. The lowest BCUT2D eigenvalue weighted by Crippen LogP contribution is -2.04. The molecule has 0 radical (unpaired) electrons. The number of nitro groups is 1. The number of nitrogens with zero attached hydrogens (tertiary/aromatic N) is 2. The van der Waals surface area contributed by atoms with E-state index < -0.39 is 10.5 Å². The highest BCUT2D eigenvalue weighted by molar-refractivity contribution is 7.14. The van der Waals surface area contributed by atoms with Crippen LogP contribution in [0, 0.1) is 10.1 Å². The molecule has 0 spiro atoms. The Morgan fingerprint density at radius 1 is 1.19 bits per heavy atom. The molecule has 134 valence electrons. The first kappa shape index (κ1) is 16.7. The highest BCUT2D eigenvalue weighted by atomic mass is 32.1. The van der Waals surface area contributed by atoms with Gasteiger partial charge in [0.25, 0.3) is 0 Å². The van der Waals surface area contributed by atoms with Crippen LogP contribution in [-0.4, -0.2) is 9.91 Å². The van der Waals surface area contributed by atoms with E-state index in [0.29, 0.717) is 21.9 Å². The van der Waals surface area contributed by atoms with E-state index in [-0.39, 0.29) is 16.8 Å². The number of aromatic nitrogens is 1. The Morgan fingerprint density at radius 2 is 1.96 bits per heavy atom. The van der Waals surface area contributed by atoms with Crippen LogP contribution in [0.2, 0.25) is 0 Å². The standard InChI is InChI=1S/C18H12N4O4S/c19-11-4-6-12(7-5-11)20-18-21-14(9-27-18)13-8-10-2-1-3-15(22(24)25)16(10)26-17(13)23/h1-9H,19H2,(H,20,21). The van der Waals surface area contributed by atoms with Crippen LogP contribution in [0.5, 0.6) is 0 Å². The number of nitrogens with one attached hydrogen (secondary N) is 1. The van der Waals surface area contributed by atoms with Crippen molar-refractivity contribution in [3.05, 3.63) is 74.4 Å². The minimum absolute atomic E-state index is 0.0493. The predicted molar refractivity (Wildman–Crippen MR) is 104 cm³/mol. The van der Waals surface area contributed by atoms with Crippen LogP contribution in [0.25, 0.3) is 22.2 Å². The summed E-state index contributed by atoms with van der Waals surface area (Å²) in [4.78, 5) is 27.3. The van der Waals surface area contributed by atoms with Crippen LogP contribution in [0.3, 0.4) is 0 Å². The molecule has 0 bridgehead atoms. The molecule has 0 aliphatic rings. The summed E-state index contributed by atoms with van der Waals surface area (Å²) in [6.45, 7) is 0. The van der Waals surface area contributed by atoms with E-state index in [1.807, 2.05) is 12.1 Å². The number of hydrogen-bond donors (Lipinski definition) is 2. The Bertz CT molecular complexity index is 1210. The zero-order valence-electron chi connectivity index (χ0n) is 13.7. The van der Waals surface area contributed by atoms with E-state index in [2.05, 4.69) is 10.3 Å². The minimum Gasteiger partial charge on any atom is -0.415 e. The predicted octanol–water partition coefficient (Wildman–Crippen LogP) is 4.15. The number of nitrogens with two attached hydrogens (primary N) is 1. The Morgan fingerprint density at radius 3 is 2.70 bits per heavy atom. The van der Waals surface area contributed by atoms with Gasteiger partial charge in [-0.25, -0.2) is 9.78 Å². The molecule has 4 rings (SSSR count). The highest BCUT2D eigenvalue weighted by Gasteiger charge is 2.18. The van der Waals surface area contributed by atoms with Crippen LogP contribution < -0.4 is 16.7 Å². The number of non-ortho nitro benzene ring substituents is 1. The average molecular weight is 380 g/mol. The first-order chi connectivity index (χ1) is 13.0. The molecule has 2 heterocycles. The van der Waals surface area contributed by atoms with Crippen molar-refractivity contribution in [3.8, 4) is 11.3 Å². The molecule has 0 saturated carbocycles. The fraction of sp³-hybridized carbons (Fsp3) is 0. The van der Waals surface area contributed by atoms with Gasteiger partial charge < -0.3 is 15.5 Å². The fourth-order valence-corrected chi connectivity index (χ4v) is 3.33. The number of nitro benzene ring substituents is 1. The molecule has 2 aromatic carbocycles. The molecule has 4 aromatic rings. The maximum atomic E-state index is 12.4. The summed E-state index contributed by atoms with van der Waals surface area (Å²) in [5, 5.41) is 17.0. The second kappa shape index (κ2) is 6.54. The Hall–Kier alpha value is -3.72. The normalized spacial score (nSPS) is 10.8. The van der Waals surface area contributed by atoms with E-state index in [0.717, 1.165) is 5.69 Å². The fourth-order valence-electron chi connectivity index (χ4n) is 2.60. The van der Waals surface area contributed by atoms with Crippen LogP contribution in [-0.2, 0) is 0 Å². The quantitative estimate of drug-likeness (QED) is 0.236. The average Bonchev–Trinajstić information content (AvgIpc) is 3.10. The van der Waals surface area contributed by atoms with Crippen molar-refractivity contribution in [3.63, 3.8) is 0 Å². The monoisotopic (exact) mass is 380 g/mol. The third-order valence-corrected chi connectivity index (χ3v) is 4.64. The van der Waals surface area contributed by atoms with Gasteiger partial charge in [0.15, 0.2) is 5.13 Å². The number of nitrogen functional groups attached to an aromatic ring is 1. The molecule has 8 nitrogen and oxygen atoms in total. The highest BCUT2D eigenvalue weighted by Crippen LogP contribution is 2.30. The Labute approximate surface area is 156 Å². The van der Waals surface area contributed by atoms with Crippen molar-refractivity contribution in [2.24, 2.45) is 0 Å². The van der Waals surface area contributed by atoms with Crippen molar-refractivity contribution in [2.45, 2.75) is 0 Å². The summed E-state index contributed by atoms with van der Waals surface area (Å²) in [5.74, 6) is 0. The molecule has 27 heavy (non-hydrogen) atoms. The summed E-state index contributed by atoms with van der Waals surface area (Å²) >= 11 is 1.32. The lowest BCUT2D eigenvalue weighted by atomic mass is 10.1. The van der Waals surface area contributed by atoms with Crippen LogP contribution in [0.15, 0.2) is 63.1 Å². The molecule has 9 heteroatoms. The molecule has 3 N–H and O–H groups in total. The first-order valence-corrected chi connectivity index (χ1v) is 8.69. The number of thiazole rings is 1. The van der Waals surface area contributed by atoms with E-state index in [1.54, 1.807) is 35.7 Å². The first-order valence-electron chi connectivity index (χ1n) is 7.81. The van der Waals surface area contributed by atoms with Crippen molar-refractivity contribution in [1.82, 2.24) is 4.98 Å². The van der Waals surface area contributed by atoms with Gasteiger partial charge in [0.1, 0.15) is 0 Å². The number of benzene rings is 2. The Balaban J connectivity index is 1.71. The Kier molecular flexibility index (Phi) is 4.05. The smallest absolute Gasteiger partial charge is 0.346 e. The van der Waals surface area contributed by atoms with Crippen LogP contribution in [0.1, 0.15) is 0 Å². The summed E-state index contributed by atoms with van der Waals surface area (Å²) in [7, 11) is 0.